The summed E-state index contributed by atoms with van der Waals surface area (Å²) >= 11 is 6.22. The largest absolute Gasteiger partial charge is 0.507 e. The van der Waals surface area contributed by atoms with Crippen LogP contribution in [-0.2, 0) is 9.59 Å². The molecular formula is C23H23ClFNO5. The minimum absolute atomic E-state index is 0.104. The molecule has 2 aromatic rings. The Morgan fingerprint density at radius 1 is 1.13 bits per heavy atom. The number of rotatable bonds is 7. The van der Waals surface area contributed by atoms with Gasteiger partial charge in [0.05, 0.1) is 36.4 Å². The number of halogens is 2. The predicted molar refractivity (Wildman–Crippen MR) is 115 cm³/mol. The van der Waals surface area contributed by atoms with E-state index in [4.69, 9.17) is 21.1 Å². The number of amides is 1. The number of Topliss-reactive ketones (excluding diaryl/α,β-unsaturated/α-hetero) is 1. The molecule has 1 unspecified atom stereocenters. The van der Waals surface area contributed by atoms with Crippen molar-refractivity contribution >= 4 is 29.1 Å². The summed E-state index contributed by atoms with van der Waals surface area (Å²) in [5.74, 6) is -1.87. The second kappa shape index (κ2) is 9.39. The zero-order valence-electron chi connectivity index (χ0n) is 17.4. The molecule has 0 bridgehead atoms. The summed E-state index contributed by atoms with van der Waals surface area (Å²) in [7, 11) is 2.84. The molecule has 1 aliphatic rings. The van der Waals surface area contributed by atoms with Gasteiger partial charge >= 0.3 is 0 Å². The Labute approximate surface area is 184 Å². The quantitative estimate of drug-likeness (QED) is 0.377. The lowest BCUT2D eigenvalue weighted by molar-refractivity contribution is -0.139. The summed E-state index contributed by atoms with van der Waals surface area (Å²) < 4.78 is 24.0. The van der Waals surface area contributed by atoms with Crippen molar-refractivity contribution in [3.8, 4) is 11.5 Å². The van der Waals surface area contributed by atoms with Crippen LogP contribution in [0.4, 0.5) is 4.39 Å². The Morgan fingerprint density at radius 2 is 1.77 bits per heavy atom. The van der Waals surface area contributed by atoms with Crippen molar-refractivity contribution in [3.63, 3.8) is 0 Å². The van der Waals surface area contributed by atoms with Crippen LogP contribution < -0.4 is 9.47 Å². The van der Waals surface area contributed by atoms with Crippen molar-refractivity contribution in [3.05, 3.63) is 63.9 Å². The van der Waals surface area contributed by atoms with Gasteiger partial charge in [-0.3, -0.25) is 9.59 Å². The van der Waals surface area contributed by atoms with E-state index in [2.05, 4.69) is 0 Å². The van der Waals surface area contributed by atoms with E-state index in [1.54, 1.807) is 0 Å². The van der Waals surface area contributed by atoms with E-state index in [0.717, 1.165) is 6.42 Å². The first-order chi connectivity index (χ1) is 14.8. The van der Waals surface area contributed by atoms with Gasteiger partial charge in [0, 0.05) is 12.6 Å². The van der Waals surface area contributed by atoms with Gasteiger partial charge in [0.2, 0.25) is 0 Å². The summed E-state index contributed by atoms with van der Waals surface area (Å²) in [6.45, 7) is 2.29. The number of nitrogens with zero attached hydrogens (tertiary/aromatic N) is 1. The third-order valence-electron chi connectivity index (χ3n) is 5.21. The van der Waals surface area contributed by atoms with E-state index >= 15 is 0 Å². The molecule has 8 heteroatoms. The highest BCUT2D eigenvalue weighted by atomic mass is 35.5. The Kier molecular flexibility index (Phi) is 6.85. The highest BCUT2D eigenvalue weighted by Crippen LogP contribution is 2.43. The highest BCUT2D eigenvalue weighted by Gasteiger charge is 2.46. The molecule has 1 saturated heterocycles. The Hall–Kier alpha value is -3.06. The number of aliphatic hydroxyl groups excluding tert-OH is 1. The number of hydrogen-bond acceptors (Lipinski definition) is 5. The fourth-order valence-corrected chi connectivity index (χ4v) is 3.86. The van der Waals surface area contributed by atoms with Crippen molar-refractivity contribution in [2.45, 2.75) is 25.8 Å². The van der Waals surface area contributed by atoms with Crippen LogP contribution in [0.5, 0.6) is 11.5 Å². The average Bonchev–Trinajstić information content (AvgIpc) is 3.02. The molecule has 164 valence electrons. The summed E-state index contributed by atoms with van der Waals surface area (Å²) in [4.78, 5) is 27.2. The first-order valence-electron chi connectivity index (χ1n) is 9.79. The smallest absolute Gasteiger partial charge is 0.295 e. The molecule has 0 saturated carbocycles. The highest BCUT2D eigenvalue weighted by molar-refractivity contribution is 6.46. The molecule has 6 nitrogen and oxygen atoms in total. The molecule has 0 aromatic heterocycles. The molecule has 31 heavy (non-hydrogen) atoms. The zero-order chi connectivity index (χ0) is 22.7. The predicted octanol–water partition coefficient (Wildman–Crippen LogP) is 4.72. The maximum atomic E-state index is 13.5. The normalized spacial score (nSPS) is 17.8. The van der Waals surface area contributed by atoms with Crippen LogP contribution in [0, 0.1) is 5.82 Å². The second-order valence-corrected chi connectivity index (χ2v) is 7.49. The fourth-order valence-electron chi connectivity index (χ4n) is 3.62. The van der Waals surface area contributed by atoms with Gasteiger partial charge in [0.1, 0.15) is 23.1 Å². The van der Waals surface area contributed by atoms with Crippen molar-refractivity contribution in [1.82, 2.24) is 4.90 Å². The van der Waals surface area contributed by atoms with Crippen LogP contribution in [0.2, 0.25) is 5.02 Å². The van der Waals surface area contributed by atoms with Crippen molar-refractivity contribution in [2.24, 2.45) is 0 Å². The van der Waals surface area contributed by atoms with E-state index in [1.807, 2.05) is 6.92 Å². The summed E-state index contributed by atoms with van der Waals surface area (Å²) in [6, 6.07) is 7.53. The zero-order valence-corrected chi connectivity index (χ0v) is 18.2. The number of unbranched alkanes of at least 4 members (excludes halogenated alkanes) is 1. The number of aliphatic hydroxyl groups is 1. The average molecular weight is 448 g/mol. The van der Waals surface area contributed by atoms with Gasteiger partial charge < -0.3 is 19.5 Å². The fraction of sp³-hybridized carbons (Fsp3) is 0.304. The molecular weight excluding hydrogens is 425 g/mol. The number of ketones is 1. The SMILES string of the molecule is CCCCN1C(=O)C(=O)/C(=C(/O)c2cc(Cl)c(OC)cc2OC)C1c1ccc(F)cc1. The molecule has 1 heterocycles. The van der Waals surface area contributed by atoms with Gasteiger partial charge in [0.15, 0.2) is 0 Å². The molecule has 3 rings (SSSR count). The van der Waals surface area contributed by atoms with Crippen LogP contribution in [0.3, 0.4) is 0 Å². The van der Waals surface area contributed by atoms with E-state index < -0.39 is 29.3 Å². The topological polar surface area (TPSA) is 76.1 Å². The molecule has 0 spiro atoms. The van der Waals surface area contributed by atoms with Crippen molar-refractivity contribution < 1.29 is 28.6 Å². The number of benzene rings is 2. The summed E-state index contributed by atoms with van der Waals surface area (Å²) in [6.07, 6.45) is 1.48. The molecule has 1 aliphatic heterocycles. The first-order valence-corrected chi connectivity index (χ1v) is 10.2. The summed E-state index contributed by atoms with van der Waals surface area (Å²) in [5.41, 5.74) is 0.554. The third-order valence-corrected chi connectivity index (χ3v) is 5.50. The lowest BCUT2D eigenvalue weighted by Gasteiger charge is -2.25. The standard InChI is InChI=1S/C23H23ClFNO5/c1-4-5-10-26-20(13-6-8-14(25)9-7-13)19(22(28)23(26)29)21(27)15-11-16(24)18(31-3)12-17(15)30-2/h6-9,11-12,20,27H,4-5,10H2,1-3H3/b21-19+. The van der Waals surface area contributed by atoms with Gasteiger partial charge in [-0.15, -0.1) is 0 Å². The van der Waals surface area contributed by atoms with Crippen LogP contribution in [0.1, 0.15) is 36.9 Å². The minimum atomic E-state index is -0.863. The maximum absolute atomic E-state index is 13.5. The number of likely N-dealkylation sites (tertiary alicyclic amines) is 1. The van der Waals surface area contributed by atoms with Crippen molar-refractivity contribution in [1.29, 1.82) is 0 Å². The number of ether oxygens (including phenoxy) is 2. The molecule has 1 amide bonds. The number of carbonyl (C=O) groups is 2. The molecule has 0 radical (unpaired) electrons. The Morgan fingerprint density at radius 3 is 2.35 bits per heavy atom. The molecule has 0 aliphatic carbocycles. The van der Waals surface area contributed by atoms with E-state index in [0.29, 0.717) is 24.3 Å². The first kappa shape index (κ1) is 22.6. The minimum Gasteiger partial charge on any atom is -0.507 e. The molecule has 1 atom stereocenters. The summed E-state index contributed by atoms with van der Waals surface area (Å²) in [5, 5.41) is 11.4. The van der Waals surface area contributed by atoms with E-state index in [9.17, 15) is 19.1 Å². The van der Waals surface area contributed by atoms with E-state index in [1.165, 1.54) is 55.5 Å². The lowest BCUT2D eigenvalue weighted by atomic mass is 9.95. The monoisotopic (exact) mass is 447 g/mol. The second-order valence-electron chi connectivity index (χ2n) is 7.08. The van der Waals surface area contributed by atoms with Gasteiger partial charge in [0.25, 0.3) is 11.7 Å². The number of carbonyl (C=O) groups excluding carboxylic acids is 2. The third kappa shape index (κ3) is 4.23. The van der Waals surface area contributed by atoms with Crippen LogP contribution in [0.25, 0.3) is 5.76 Å². The number of hydrogen-bond donors (Lipinski definition) is 1. The van der Waals surface area contributed by atoms with Gasteiger partial charge in [-0.05, 0) is 30.2 Å². The molecule has 2 aromatic carbocycles. The van der Waals surface area contributed by atoms with Crippen LogP contribution in [-0.4, -0.2) is 42.5 Å². The van der Waals surface area contributed by atoms with Crippen LogP contribution >= 0.6 is 11.6 Å². The van der Waals surface area contributed by atoms with Gasteiger partial charge in [-0.1, -0.05) is 37.1 Å². The van der Waals surface area contributed by atoms with E-state index in [-0.39, 0.29) is 21.9 Å². The van der Waals surface area contributed by atoms with Crippen molar-refractivity contribution in [2.75, 3.05) is 20.8 Å². The van der Waals surface area contributed by atoms with Gasteiger partial charge in [-0.2, -0.15) is 0 Å². The Bertz CT molecular complexity index is 1040. The molecule has 1 fully saturated rings. The Balaban J connectivity index is 2.23. The number of methoxy groups -OCH3 is 2. The maximum Gasteiger partial charge on any atom is 0.295 e. The lowest BCUT2D eigenvalue weighted by Crippen LogP contribution is -2.30. The van der Waals surface area contributed by atoms with Crippen LogP contribution in [0.15, 0.2) is 42.0 Å². The molecule has 1 N–H and O–H groups in total. The van der Waals surface area contributed by atoms with Gasteiger partial charge in [-0.25, -0.2) is 4.39 Å².